The second-order valence-electron chi connectivity index (χ2n) is 3.90. The third-order valence-electron chi connectivity index (χ3n) is 2.80. The fourth-order valence-electron chi connectivity index (χ4n) is 1.94. The number of benzene rings is 1. The van der Waals surface area contributed by atoms with Crippen molar-refractivity contribution in [2.75, 3.05) is 6.54 Å². The first-order valence-corrected chi connectivity index (χ1v) is 5.01. The molecule has 4 heteroatoms. The average Bonchev–Trinajstić information content (AvgIpc) is 2.27. The molecular formula is C11H15N3O. The molecule has 4 nitrogen and oxygen atoms in total. The summed E-state index contributed by atoms with van der Waals surface area (Å²) in [5.41, 5.74) is 9.48. The van der Waals surface area contributed by atoms with E-state index >= 15 is 0 Å². The molecule has 3 N–H and O–H groups in total. The van der Waals surface area contributed by atoms with Gasteiger partial charge in [-0.2, -0.15) is 0 Å². The van der Waals surface area contributed by atoms with Crippen LogP contribution < -0.4 is 5.73 Å². The van der Waals surface area contributed by atoms with Crippen molar-refractivity contribution in [2.45, 2.75) is 19.9 Å². The number of hydrogen-bond donors (Lipinski definition) is 2. The average molecular weight is 205 g/mol. The SMILES string of the molecule is Cc1ccc2c(c1)CCN(/C(N)=N/O)C2. The monoisotopic (exact) mass is 205 g/mol. The highest BCUT2D eigenvalue weighted by Gasteiger charge is 2.17. The maximum atomic E-state index is 8.60. The topological polar surface area (TPSA) is 61.8 Å². The maximum Gasteiger partial charge on any atom is 0.233 e. The summed E-state index contributed by atoms with van der Waals surface area (Å²) in [5.74, 6) is 0.196. The largest absolute Gasteiger partial charge is 0.408 e. The van der Waals surface area contributed by atoms with Crippen LogP contribution in [-0.4, -0.2) is 22.6 Å². The van der Waals surface area contributed by atoms with Crippen molar-refractivity contribution >= 4 is 5.96 Å². The quantitative estimate of drug-likeness (QED) is 0.288. The second kappa shape index (κ2) is 3.81. The highest BCUT2D eigenvalue weighted by Crippen LogP contribution is 2.19. The van der Waals surface area contributed by atoms with E-state index in [0.29, 0.717) is 0 Å². The molecule has 1 aliphatic rings. The van der Waals surface area contributed by atoms with Gasteiger partial charge in [0, 0.05) is 13.1 Å². The summed E-state index contributed by atoms with van der Waals surface area (Å²) in [7, 11) is 0. The van der Waals surface area contributed by atoms with E-state index in [1.165, 1.54) is 16.7 Å². The van der Waals surface area contributed by atoms with Crippen molar-refractivity contribution in [3.63, 3.8) is 0 Å². The Balaban J connectivity index is 2.24. The molecule has 2 rings (SSSR count). The van der Waals surface area contributed by atoms with Crippen molar-refractivity contribution in [3.05, 3.63) is 34.9 Å². The lowest BCUT2D eigenvalue weighted by Gasteiger charge is -2.29. The highest BCUT2D eigenvalue weighted by atomic mass is 16.4. The second-order valence-corrected chi connectivity index (χ2v) is 3.90. The normalized spacial score (nSPS) is 16.3. The minimum absolute atomic E-state index is 0.196. The van der Waals surface area contributed by atoms with Gasteiger partial charge in [0.2, 0.25) is 5.96 Å². The van der Waals surface area contributed by atoms with E-state index in [4.69, 9.17) is 10.9 Å². The van der Waals surface area contributed by atoms with Gasteiger partial charge in [-0.1, -0.05) is 28.9 Å². The molecule has 0 amide bonds. The molecule has 0 bridgehead atoms. The van der Waals surface area contributed by atoms with Crippen LogP contribution in [-0.2, 0) is 13.0 Å². The molecule has 15 heavy (non-hydrogen) atoms. The molecule has 0 atom stereocenters. The standard InChI is InChI=1S/C11H15N3O/c1-8-2-3-10-7-14(11(12)13-15)5-4-9(10)6-8/h2-3,6,15H,4-5,7H2,1H3,(H2,12,13). The Kier molecular flexibility index (Phi) is 2.49. The Morgan fingerprint density at radius 1 is 1.47 bits per heavy atom. The Labute approximate surface area is 89.0 Å². The first-order chi connectivity index (χ1) is 7.20. The number of nitrogens with zero attached hydrogens (tertiary/aromatic N) is 2. The first kappa shape index (κ1) is 9.83. The van der Waals surface area contributed by atoms with E-state index in [-0.39, 0.29) is 5.96 Å². The summed E-state index contributed by atoms with van der Waals surface area (Å²) < 4.78 is 0. The van der Waals surface area contributed by atoms with E-state index in [1.807, 2.05) is 4.90 Å². The molecule has 0 spiro atoms. The lowest BCUT2D eigenvalue weighted by atomic mass is 9.98. The number of guanidine groups is 1. The number of fused-ring (bicyclic) bond motifs is 1. The third-order valence-corrected chi connectivity index (χ3v) is 2.80. The minimum atomic E-state index is 0.196. The first-order valence-electron chi connectivity index (χ1n) is 5.01. The maximum absolute atomic E-state index is 8.60. The lowest BCUT2D eigenvalue weighted by molar-refractivity contribution is 0.292. The number of rotatable bonds is 0. The molecule has 1 aliphatic heterocycles. The summed E-state index contributed by atoms with van der Waals surface area (Å²) in [6, 6.07) is 6.41. The summed E-state index contributed by atoms with van der Waals surface area (Å²) in [5, 5.41) is 11.6. The molecule has 0 unspecified atom stereocenters. The van der Waals surface area contributed by atoms with Crippen molar-refractivity contribution in [3.8, 4) is 0 Å². The van der Waals surface area contributed by atoms with Gasteiger partial charge in [-0.3, -0.25) is 0 Å². The molecule has 0 aromatic heterocycles. The van der Waals surface area contributed by atoms with Gasteiger partial charge in [0.1, 0.15) is 0 Å². The van der Waals surface area contributed by atoms with Crippen molar-refractivity contribution in [1.82, 2.24) is 4.90 Å². The summed E-state index contributed by atoms with van der Waals surface area (Å²) in [4.78, 5) is 1.87. The molecule has 0 saturated heterocycles. The van der Waals surface area contributed by atoms with E-state index < -0.39 is 0 Å². The van der Waals surface area contributed by atoms with Crippen LogP contribution in [0.25, 0.3) is 0 Å². The molecule has 0 aliphatic carbocycles. The minimum Gasteiger partial charge on any atom is -0.408 e. The van der Waals surface area contributed by atoms with Gasteiger partial charge in [-0.05, 0) is 24.5 Å². The van der Waals surface area contributed by atoms with E-state index in [0.717, 1.165) is 19.5 Å². The molecular weight excluding hydrogens is 190 g/mol. The number of oxime groups is 1. The van der Waals surface area contributed by atoms with Gasteiger partial charge in [-0.15, -0.1) is 0 Å². The lowest BCUT2D eigenvalue weighted by Crippen LogP contribution is -2.40. The molecule has 0 saturated carbocycles. The zero-order valence-corrected chi connectivity index (χ0v) is 8.77. The fourth-order valence-corrected chi connectivity index (χ4v) is 1.94. The van der Waals surface area contributed by atoms with Gasteiger partial charge < -0.3 is 15.8 Å². The number of aryl methyl sites for hydroxylation is 1. The van der Waals surface area contributed by atoms with Crippen LogP contribution in [0.4, 0.5) is 0 Å². The van der Waals surface area contributed by atoms with Crippen LogP contribution in [0.5, 0.6) is 0 Å². The van der Waals surface area contributed by atoms with Crippen molar-refractivity contribution in [1.29, 1.82) is 0 Å². The van der Waals surface area contributed by atoms with Gasteiger partial charge in [0.05, 0.1) is 0 Å². The van der Waals surface area contributed by atoms with Gasteiger partial charge >= 0.3 is 0 Å². The smallest absolute Gasteiger partial charge is 0.233 e. The molecule has 0 fully saturated rings. The predicted octanol–water partition coefficient (Wildman–Crippen LogP) is 1.06. The van der Waals surface area contributed by atoms with Crippen molar-refractivity contribution < 1.29 is 5.21 Å². The Morgan fingerprint density at radius 2 is 2.27 bits per heavy atom. The van der Waals surface area contributed by atoms with Crippen LogP contribution in [0.1, 0.15) is 16.7 Å². The Hall–Kier alpha value is -1.71. The Morgan fingerprint density at radius 3 is 3.00 bits per heavy atom. The molecule has 80 valence electrons. The number of hydrogen-bond acceptors (Lipinski definition) is 2. The highest BCUT2D eigenvalue weighted by molar-refractivity contribution is 5.77. The Bertz CT molecular complexity index is 401. The molecule has 0 radical (unpaired) electrons. The van der Waals surface area contributed by atoms with Gasteiger partial charge in [-0.25, -0.2) is 0 Å². The van der Waals surface area contributed by atoms with E-state index in [9.17, 15) is 0 Å². The van der Waals surface area contributed by atoms with Crippen LogP contribution in [0.15, 0.2) is 23.4 Å². The fraction of sp³-hybridized carbons (Fsp3) is 0.364. The molecule has 1 heterocycles. The summed E-state index contributed by atoms with van der Waals surface area (Å²) in [6.07, 6.45) is 0.952. The zero-order chi connectivity index (χ0) is 10.8. The van der Waals surface area contributed by atoms with Crippen LogP contribution in [0.3, 0.4) is 0 Å². The van der Waals surface area contributed by atoms with E-state index in [1.54, 1.807) is 0 Å². The van der Waals surface area contributed by atoms with Gasteiger partial charge in [0.15, 0.2) is 0 Å². The van der Waals surface area contributed by atoms with Crippen LogP contribution >= 0.6 is 0 Å². The molecule has 1 aromatic carbocycles. The van der Waals surface area contributed by atoms with Crippen LogP contribution in [0, 0.1) is 6.92 Å². The van der Waals surface area contributed by atoms with Gasteiger partial charge in [0.25, 0.3) is 0 Å². The third kappa shape index (κ3) is 1.88. The zero-order valence-electron chi connectivity index (χ0n) is 8.77. The summed E-state index contributed by atoms with van der Waals surface area (Å²) in [6.45, 7) is 3.63. The number of nitrogens with two attached hydrogens (primary N) is 1. The van der Waals surface area contributed by atoms with Crippen molar-refractivity contribution in [2.24, 2.45) is 10.9 Å². The predicted molar refractivity (Wildman–Crippen MR) is 58.7 cm³/mol. The van der Waals surface area contributed by atoms with E-state index in [2.05, 4.69) is 30.3 Å². The molecule has 1 aromatic rings. The van der Waals surface area contributed by atoms with Crippen LogP contribution in [0.2, 0.25) is 0 Å². The summed E-state index contributed by atoms with van der Waals surface area (Å²) >= 11 is 0.